The summed E-state index contributed by atoms with van der Waals surface area (Å²) in [6.07, 6.45) is 2.26. The molecule has 2 rings (SSSR count). The molecule has 2 heteroatoms. The van der Waals surface area contributed by atoms with Crippen LogP contribution in [0.2, 0.25) is 5.02 Å². The molecule has 98 valence electrons. The second kappa shape index (κ2) is 5.36. The van der Waals surface area contributed by atoms with Gasteiger partial charge in [0.15, 0.2) is 0 Å². The fraction of sp³-hybridized carbons (Fsp3) is 0.500. The molecule has 18 heavy (non-hydrogen) atoms. The van der Waals surface area contributed by atoms with E-state index in [4.69, 9.17) is 11.6 Å². The van der Waals surface area contributed by atoms with Gasteiger partial charge in [-0.05, 0) is 49.5 Å². The van der Waals surface area contributed by atoms with E-state index >= 15 is 0 Å². The summed E-state index contributed by atoms with van der Waals surface area (Å²) in [6, 6.07) is 7.10. The van der Waals surface area contributed by atoms with Gasteiger partial charge < -0.3 is 4.90 Å². The van der Waals surface area contributed by atoms with Crippen molar-refractivity contribution in [1.82, 2.24) is 4.90 Å². The second-order valence-electron chi connectivity index (χ2n) is 5.12. The quantitative estimate of drug-likeness (QED) is 0.700. The Bertz CT molecular complexity index is 476. The van der Waals surface area contributed by atoms with Crippen LogP contribution in [0.4, 0.5) is 0 Å². The Morgan fingerprint density at radius 2 is 2.11 bits per heavy atom. The van der Waals surface area contributed by atoms with Crippen molar-refractivity contribution in [2.75, 3.05) is 6.54 Å². The summed E-state index contributed by atoms with van der Waals surface area (Å²) in [4.78, 5) is 2.48. The number of hydrogen-bond acceptors (Lipinski definition) is 1. The summed E-state index contributed by atoms with van der Waals surface area (Å²) in [6.45, 7) is 9.97. The monoisotopic (exact) mass is 263 g/mol. The van der Waals surface area contributed by atoms with Gasteiger partial charge in [-0.15, -0.1) is 0 Å². The number of halogens is 1. The zero-order chi connectivity index (χ0) is 13.3. The molecule has 0 spiro atoms. The SMILES string of the molecule is CC/C(=C(/C)N1CC1CC)c1ccc(C)cc1Cl. The molecule has 0 amide bonds. The summed E-state index contributed by atoms with van der Waals surface area (Å²) in [5, 5.41) is 0.876. The Balaban J connectivity index is 2.36. The third-order valence-electron chi connectivity index (χ3n) is 3.86. The van der Waals surface area contributed by atoms with Crippen molar-refractivity contribution in [3.05, 3.63) is 40.0 Å². The zero-order valence-corrected chi connectivity index (χ0v) is 12.5. The Morgan fingerprint density at radius 1 is 1.39 bits per heavy atom. The van der Waals surface area contributed by atoms with E-state index in [9.17, 15) is 0 Å². The third-order valence-corrected chi connectivity index (χ3v) is 4.17. The predicted octanol–water partition coefficient (Wildman–Crippen LogP) is 4.88. The van der Waals surface area contributed by atoms with Crippen LogP contribution in [-0.2, 0) is 0 Å². The van der Waals surface area contributed by atoms with Crippen LogP contribution in [0.5, 0.6) is 0 Å². The van der Waals surface area contributed by atoms with Gasteiger partial charge in [-0.2, -0.15) is 0 Å². The van der Waals surface area contributed by atoms with Crippen LogP contribution in [0.15, 0.2) is 23.9 Å². The van der Waals surface area contributed by atoms with Gasteiger partial charge in [0.2, 0.25) is 0 Å². The number of hydrogen-bond donors (Lipinski definition) is 0. The highest BCUT2D eigenvalue weighted by Gasteiger charge is 2.33. The summed E-state index contributed by atoms with van der Waals surface area (Å²) >= 11 is 6.39. The molecule has 0 saturated carbocycles. The third kappa shape index (κ3) is 2.56. The first kappa shape index (κ1) is 13.5. The maximum absolute atomic E-state index is 6.39. The van der Waals surface area contributed by atoms with E-state index in [0.29, 0.717) is 0 Å². The average Bonchev–Trinajstić information content (AvgIpc) is 3.11. The number of aryl methyl sites for hydroxylation is 1. The van der Waals surface area contributed by atoms with Crippen LogP contribution in [0.1, 0.15) is 44.7 Å². The highest BCUT2D eigenvalue weighted by molar-refractivity contribution is 6.32. The smallest absolute Gasteiger partial charge is 0.0484 e. The van der Waals surface area contributed by atoms with Crippen molar-refractivity contribution in [2.45, 2.75) is 46.6 Å². The van der Waals surface area contributed by atoms with E-state index in [1.54, 1.807) is 0 Å². The van der Waals surface area contributed by atoms with Crippen LogP contribution in [0.3, 0.4) is 0 Å². The highest BCUT2D eigenvalue weighted by atomic mass is 35.5. The van der Waals surface area contributed by atoms with Gasteiger partial charge in [0.1, 0.15) is 0 Å². The minimum atomic E-state index is 0.746. The summed E-state index contributed by atoms with van der Waals surface area (Å²) in [7, 11) is 0. The number of nitrogens with zero attached hydrogens (tertiary/aromatic N) is 1. The summed E-state index contributed by atoms with van der Waals surface area (Å²) in [5.74, 6) is 0. The van der Waals surface area contributed by atoms with Gasteiger partial charge in [0.05, 0.1) is 0 Å². The lowest BCUT2D eigenvalue weighted by Gasteiger charge is -2.15. The maximum Gasteiger partial charge on any atom is 0.0484 e. The van der Waals surface area contributed by atoms with Gasteiger partial charge in [-0.25, -0.2) is 0 Å². The van der Waals surface area contributed by atoms with Gasteiger partial charge in [-0.1, -0.05) is 37.6 Å². The molecule has 1 heterocycles. The average molecular weight is 264 g/mol. The minimum absolute atomic E-state index is 0.746. The number of allylic oxidation sites excluding steroid dienone is 2. The molecular formula is C16H22ClN. The molecule has 1 aromatic rings. The van der Waals surface area contributed by atoms with Crippen molar-refractivity contribution in [2.24, 2.45) is 0 Å². The van der Waals surface area contributed by atoms with Crippen molar-refractivity contribution >= 4 is 17.2 Å². The normalized spacial score (nSPS) is 19.8. The fourth-order valence-corrected chi connectivity index (χ4v) is 2.97. The summed E-state index contributed by atoms with van der Waals surface area (Å²) < 4.78 is 0. The molecule has 0 radical (unpaired) electrons. The van der Waals surface area contributed by atoms with Crippen LogP contribution in [-0.4, -0.2) is 17.5 Å². The van der Waals surface area contributed by atoms with Crippen LogP contribution in [0, 0.1) is 6.92 Å². The standard InChI is InChI=1S/C16H22ClN/c1-5-13-10-18(13)12(4)14(6-2)15-8-7-11(3)9-16(15)17/h7-9,13H,5-6,10H2,1-4H3/b14-12+. The first-order valence-corrected chi connectivity index (χ1v) is 7.19. The van der Waals surface area contributed by atoms with Crippen molar-refractivity contribution in [1.29, 1.82) is 0 Å². The van der Waals surface area contributed by atoms with Gasteiger partial charge >= 0.3 is 0 Å². The van der Waals surface area contributed by atoms with Gasteiger partial charge in [-0.3, -0.25) is 0 Å². The Labute approximate surface area is 115 Å². The predicted molar refractivity (Wildman–Crippen MR) is 79.9 cm³/mol. The second-order valence-corrected chi connectivity index (χ2v) is 5.52. The molecule has 0 N–H and O–H groups in total. The fourth-order valence-electron chi connectivity index (χ4n) is 2.62. The molecule has 0 aliphatic carbocycles. The topological polar surface area (TPSA) is 3.01 Å². The highest BCUT2D eigenvalue weighted by Crippen LogP contribution is 2.35. The Hall–Kier alpha value is -0.950. The van der Waals surface area contributed by atoms with E-state index in [2.05, 4.69) is 50.8 Å². The largest absolute Gasteiger partial charge is 0.368 e. The van der Waals surface area contributed by atoms with Crippen molar-refractivity contribution < 1.29 is 0 Å². The van der Waals surface area contributed by atoms with Crippen LogP contribution < -0.4 is 0 Å². The lowest BCUT2D eigenvalue weighted by Crippen LogP contribution is -2.02. The molecule has 1 aliphatic heterocycles. The van der Waals surface area contributed by atoms with E-state index < -0.39 is 0 Å². The molecule has 1 atom stereocenters. The Morgan fingerprint density at radius 3 is 2.61 bits per heavy atom. The molecule has 1 saturated heterocycles. The first-order chi connectivity index (χ1) is 8.58. The molecule has 1 nitrogen and oxygen atoms in total. The molecule has 0 aromatic heterocycles. The Kier molecular flexibility index (Phi) is 4.01. The lowest BCUT2D eigenvalue weighted by molar-refractivity contribution is 0.608. The molecule has 1 aliphatic rings. The van der Waals surface area contributed by atoms with Gasteiger partial charge in [0, 0.05) is 23.3 Å². The molecule has 0 bridgehead atoms. The maximum atomic E-state index is 6.39. The number of benzene rings is 1. The van der Waals surface area contributed by atoms with E-state index in [1.807, 2.05) is 0 Å². The van der Waals surface area contributed by atoms with Gasteiger partial charge in [0.25, 0.3) is 0 Å². The molecule has 1 aromatic carbocycles. The van der Waals surface area contributed by atoms with E-state index in [1.165, 1.54) is 35.4 Å². The van der Waals surface area contributed by atoms with Crippen LogP contribution >= 0.6 is 11.6 Å². The summed E-state index contributed by atoms with van der Waals surface area (Å²) in [5.41, 5.74) is 5.20. The van der Waals surface area contributed by atoms with Crippen LogP contribution in [0.25, 0.3) is 5.57 Å². The van der Waals surface area contributed by atoms with E-state index in [0.717, 1.165) is 17.5 Å². The van der Waals surface area contributed by atoms with E-state index in [-0.39, 0.29) is 0 Å². The first-order valence-electron chi connectivity index (χ1n) is 6.81. The molecule has 1 unspecified atom stereocenters. The van der Waals surface area contributed by atoms with Crippen molar-refractivity contribution in [3.8, 4) is 0 Å². The molecular weight excluding hydrogens is 242 g/mol. The number of rotatable bonds is 4. The van der Waals surface area contributed by atoms with Crippen molar-refractivity contribution in [3.63, 3.8) is 0 Å². The lowest BCUT2D eigenvalue weighted by atomic mass is 10.00. The minimum Gasteiger partial charge on any atom is -0.368 e. The molecule has 1 fully saturated rings. The zero-order valence-electron chi connectivity index (χ0n) is 11.8.